The Hall–Kier alpha value is -3.41. The van der Waals surface area contributed by atoms with Gasteiger partial charge >= 0.3 is 0 Å². The van der Waals surface area contributed by atoms with Crippen LogP contribution in [0.1, 0.15) is 49.7 Å². The Morgan fingerprint density at radius 3 is 2.48 bits per heavy atom. The quantitative estimate of drug-likeness (QED) is 0.556. The Morgan fingerprint density at radius 1 is 1.00 bits per heavy atom. The van der Waals surface area contributed by atoms with E-state index >= 15 is 0 Å². The van der Waals surface area contributed by atoms with E-state index in [0.29, 0.717) is 30.2 Å². The third kappa shape index (κ3) is 3.84. The van der Waals surface area contributed by atoms with Crippen molar-refractivity contribution in [3.8, 4) is 22.9 Å². The minimum Gasteiger partial charge on any atom is -0.493 e. The summed E-state index contributed by atoms with van der Waals surface area (Å²) in [6.07, 6.45) is 3.56. The summed E-state index contributed by atoms with van der Waals surface area (Å²) in [5, 5.41) is 0. The average molecular weight is 447 g/mol. The maximum atomic E-state index is 13.3. The highest BCUT2D eigenvalue weighted by atomic mass is 16.5. The van der Waals surface area contributed by atoms with Gasteiger partial charge in [-0.3, -0.25) is 4.79 Å². The average Bonchev–Trinajstić information content (AvgIpc) is 3.30. The van der Waals surface area contributed by atoms with E-state index in [4.69, 9.17) is 14.2 Å². The van der Waals surface area contributed by atoms with E-state index in [1.54, 1.807) is 13.2 Å². The zero-order valence-electron chi connectivity index (χ0n) is 19.6. The fourth-order valence-electron chi connectivity index (χ4n) is 4.79. The first kappa shape index (κ1) is 21.4. The van der Waals surface area contributed by atoms with Gasteiger partial charge in [-0.2, -0.15) is 0 Å². The summed E-state index contributed by atoms with van der Waals surface area (Å²) in [6, 6.07) is 17.7. The van der Waals surface area contributed by atoms with Crippen LogP contribution in [0, 0.1) is 0 Å². The monoisotopic (exact) mass is 446 g/mol. The van der Waals surface area contributed by atoms with Crippen molar-refractivity contribution >= 4 is 5.91 Å². The lowest BCUT2D eigenvalue weighted by molar-refractivity contribution is -0.00931. The normalized spacial score (nSPS) is 16.5. The van der Waals surface area contributed by atoms with Gasteiger partial charge in [0.1, 0.15) is 11.4 Å². The van der Waals surface area contributed by atoms with Crippen LogP contribution < -0.4 is 14.2 Å². The molecule has 1 fully saturated rings. The fraction of sp³-hybridized carbons (Fsp3) is 0.370. The van der Waals surface area contributed by atoms with Gasteiger partial charge in [-0.25, -0.2) is 0 Å². The molecule has 0 saturated carbocycles. The van der Waals surface area contributed by atoms with Gasteiger partial charge in [0.2, 0.25) is 0 Å². The van der Waals surface area contributed by atoms with E-state index in [9.17, 15) is 4.79 Å². The predicted octanol–water partition coefficient (Wildman–Crippen LogP) is 5.19. The van der Waals surface area contributed by atoms with Crippen molar-refractivity contribution in [2.45, 2.75) is 44.8 Å². The molecule has 3 aromatic rings. The number of aromatic nitrogens is 1. The number of para-hydroxylation sites is 2. The molecule has 0 unspecified atom stereocenters. The topological polar surface area (TPSA) is 52.9 Å². The van der Waals surface area contributed by atoms with E-state index in [0.717, 1.165) is 30.0 Å². The second-order valence-corrected chi connectivity index (χ2v) is 9.70. The van der Waals surface area contributed by atoms with Crippen LogP contribution in [0.25, 0.3) is 5.69 Å². The number of rotatable bonds is 3. The second kappa shape index (κ2) is 7.87. The van der Waals surface area contributed by atoms with Crippen molar-refractivity contribution in [2.24, 2.45) is 0 Å². The van der Waals surface area contributed by atoms with Crippen LogP contribution in [-0.4, -0.2) is 41.2 Å². The number of piperidine rings is 1. The second-order valence-electron chi connectivity index (χ2n) is 9.70. The number of benzene rings is 2. The van der Waals surface area contributed by atoms with Gasteiger partial charge in [0.05, 0.1) is 18.5 Å². The lowest BCUT2D eigenvalue weighted by Crippen LogP contribution is -2.50. The van der Waals surface area contributed by atoms with Crippen LogP contribution in [0.4, 0.5) is 0 Å². The molecule has 1 spiro atoms. The van der Waals surface area contributed by atoms with Gasteiger partial charge in [0.25, 0.3) is 5.91 Å². The lowest BCUT2D eigenvalue weighted by Gasteiger charge is -2.45. The number of carbonyl (C=O) groups is 1. The Balaban J connectivity index is 1.35. The first-order chi connectivity index (χ1) is 15.8. The van der Waals surface area contributed by atoms with Crippen molar-refractivity contribution < 1.29 is 19.0 Å². The molecule has 6 heteroatoms. The van der Waals surface area contributed by atoms with Crippen LogP contribution in [0.3, 0.4) is 0 Å². The molecule has 0 aliphatic carbocycles. The molecule has 33 heavy (non-hydrogen) atoms. The summed E-state index contributed by atoms with van der Waals surface area (Å²) in [6.45, 7) is 7.19. The molecule has 1 amide bonds. The van der Waals surface area contributed by atoms with Crippen LogP contribution in [0.5, 0.6) is 17.2 Å². The number of fused-ring (bicyclic) bond motifs is 4. The van der Waals surface area contributed by atoms with Crippen LogP contribution >= 0.6 is 0 Å². The van der Waals surface area contributed by atoms with Crippen molar-refractivity contribution in [2.75, 3.05) is 20.2 Å². The maximum absolute atomic E-state index is 13.3. The smallest absolute Gasteiger partial charge is 0.253 e. The van der Waals surface area contributed by atoms with Crippen LogP contribution in [0.2, 0.25) is 0 Å². The van der Waals surface area contributed by atoms with Gasteiger partial charge < -0.3 is 23.7 Å². The SMILES string of the molecule is COc1cc(C(=O)N2CCC3(CC2)Oc2ccccc2-n2cccc23)ccc1OC(C)(C)C. The van der Waals surface area contributed by atoms with E-state index in [1.807, 2.05) is 56.0 Å². The largest absolute Gasteiger partial charge is 0.493 e. The standard InChI is InChI=1S/C27H30N2O4/c1-26(2,3)32-22-12-11-19(18-23(22)31-4)25(30)28-16-13-27(14-17-28)24-10-7-15-29(24)20-8-5-6-9-21(20)33-27/h5-12,15,18H,13-14,16-17H2,1-4H3. The molecule has 1 aromatic heterocycles. The molecule has 2 aliphatic rings. The Kier molecular flexibility index (Phi) is 5.11. The van der Waals surface area contributed by atoms with E-state index < -0.39 is 5.60 Å². The highest BCUT2D eigenvalue weighted by molar-refractivity contribution is 5.95. The van der Waals surface area contributed by atoms with Gasteiger partial charge in [0.15, 0.2) is 17.1 Å². The first-order valence-corrected chi connectivity index (χ1v) is 11.4. The number of carbonyl (C=O) groups excluding carboxylic acids is 1. The van der Waals surface area contributed by atoms with Crippen molar-refractivity contribution in [3.05, 3.63) is 72.1 Å². The number of hydrogen-bond acceptors (Lipinski definition) is 4. The summed E-state index contributed by atoms with van der Waals surface area (Å²) in [5.74, 6) is 2.08. The summed E-state index contributed by atoms with van der Waals surface area (Å²) in [7, 11) is 1.59. The van der Waals surface area contributed by atoms with Crippen LogP contribution in [-0.2, 0) is 5.60 Å². The predicted molar refractivity (Wildman–Crippen MR) is 127 cm³/mol. The first-order valence-electron chi connectivity index (χ1n) is 11.4. The molecule has 3 heterocycles. The van der Waals surface area contributed by atoms with Crippen LogP contribution in [0.15, 0.2) is 60.8 Å². The number of likely N-dealkylation sites (tertiary alicyclic amines) is 1. The van der Waals surface area contributed by atoms with Gasteiger partial charge in [-0.05, 0) is 63.2 Å². The maximum Gasteiger partial charge on any atom is 0.253 e. The molecule has 0 bridgehead atoms. The highest BCUT2D eigenvalue weighted by Crippen LogP contribution is 2.45. The molecule has 172 valence electrons. The third-order valence-electron chi connectivity index (χ3n) is 6.33. The number of ether oxygens (including phenoxy) is 3. The third-order valence-corrected chi connectivity index (χ3v) is 6.33. The lowest BCUT2D eigenvalue weighted by atomic mass is 9.86. The number of methoxy groups -OCH3 is 1. The minimum atomic E-state index is -0.420. The van der Waals surface area contributed by atoms with Crippen molar-refractivity contribution in [1.82, 2.24) is 9.47 Å². The van der Waals surface area contributed by atoms with E-state index in [2.05, 4.69) is 29.0 Å². The molecule has 0 radical (unpaired) electrons. The summed E-state index contributed by atoms with van der Waals surface area (Å²) < 4.78 is 20.3. The Bertz CT molecular complexity index is 1180. The zero-order chi connectivity index (χ0) is 23.2. The fourth-order valence-corrected chi connectivity index (χ4v) is 4.79. The van der Waals surface area contributed by atoms with Gasteiger partial charge in [-0.15, -0.1) is 0 Å². The molecule has 5 rings (SSSR count). The number of nitrogens with zero attached hydrogens (tertiary/aromatic N) is 2. The Labute approximate surface area is 194 Å². The summed E-state index contributed by atoms with van der Waals surface area (Å²) >= 11 is 0. The highest BCUT2D eigenvalue weighted by Gasteiger charge is 2.44. The zero-order valence-corrected chi connectivity index (χ0v) is 19.6. The molecule has 0 atom stereocenters. The molecular formula is C27H30N2O4. The molecule has 6 nitrogen and oxygen atoms in total. The van der Waals surface area contributed by atoms with E-state index in [-0.39, 0.29) is 11.5 Å². The number of hydrogen-bond donors (Lipinski definition) is 0. The molecule has 2 aliphatic heterocycles. The minimum absolute atomic E-state index is 0.00273. The number of amides is 1. The Morgan fingerprint density at radius 2 is 1.76 bits per heavy atom. The van der Waals surface area contributed by atoms with Crippen molar-refractivity contribution in [3.63, 3.8) is 0 Å². The molecular weight excluding hydrogens is 416 g/mol. The summed E-state index contributed by atoms with van der Waals surface area (Å²) in [4.78, 5) is 15.2. The molecule has 0 N–H and O–H groups in total. The summed E-state index contributed by atoms with van der Waals surface area (Å²) in [5.41, 5.74) is 2.04. The van der Waals surface area contributed by atoms with Gasteiger partial charge in [-0.1, -0.05) is 12.1 Å². The van der Waals surface area contributed by atoms with Gasteiger partial charge in [0, 0.05) is 37.7 Å². The molecule has 1 saturated heterocycles. The van der Waals surface area contributed by atoms with E-state index in [1.165, 1.54) is 0 Å². The van der Waals surface area contributed by atoms with Crippen molar-refractivity contribution in [1.29, 1.82) is 0 Å². The molecule has 2 aromatic carbocycles.